The Labute approximate surface area is 176 Å². The maximum atomic E-state index is 15.3. The van der Waals surface area contributed by atoms with Crippen molar-refractivity contribution in [2.75, 3.05) is 4.90 Å². The number of benzene rings is 2. The van der Waals surface area contributed by atoms with Crippen LogP contribution in [0, 0.1) is 23.5 Å². The number of rotatable bonds is 4. The van der Waals surface area contributed by atoms with Gasteiger partial charge in [0.25, 0.3) is 0 Å². The molecule has 1 aliphatic heterocycles. The molecule has 2 aromatic carbocycles. The third kappa shape index (κ3) is 2.82. The minimum atomic E-state index is -0.688. The maximum absolute atomic E-state index is 15.3. The average molecular weight is 417 g/mol. The van der Waals surface area contributed by atoms with Gasteiger partial charge in [0.15, 0.2) is 0 Å². The Morgan fingerprint density at radius 3 is 2.55 bits per heavy atom. The molecule has 6 nitrogen and oxygen atoms in total. The van der Waals surface area contributed by atoms with E-state index in [1.54, 1.807) is 18.5 Å². The summed E-state index contributed by atoms with van der Waals surface area (Å²) in [5, 5.41) is 0. The normalized spacial score (nSPS) is 20.8. The zero-order chi connectivity index (χ0) is 21.1. The second-order valence-electron chi connectivity index (χ2n) is 8.06. The molecule has 1 N–H and O–H groups in total. The van der Waals surface area contributed by atoms with E-state index in [4.69, 9.17) is 0 Å². The third-order valence-electron chi connectivity index (χ3n) is 6.19. The number of aromatic nitrogens is 4. The van der Waals surface area contributed by atoms with Gasteiger partial charge in [-0.1, -0.05) is 0 Å². The molecule has 3 heterocycles. The van der Waals surface area contributed by atoms with Crippen molar-refractivity contribution in [3.8, 4) is 11.3 Å². The molecule has 8 heteroatoms. The van der Waals surface area contributed by atoms with E-state index in [9.17, 15) is 4.79 Å². The van der Waals surface area contributed by atoms with Crippen molar-refractivity contribution in [2.24, 2.45) is 11.8 Å². The van der Waals surface area contributed by atoms with Crippen LogP contribution in [0.2, 0.25) is 0 Å². The number of carbonyl (C=O) groups excluding carboxylic acids is 1. The summed E-state index contributed by atoms with van der Waals surface area (Å²) in [6.45, 7) is 0. The Morgan fingerprint density at radius 1 is 1.03 bits per heavy atom. The second-order valence-corrected chi connectivity index (χ2v) is 8.06. The minimum absolute atomic E-state index is 0.0775. The molecule has 1 saturated heterocycles. The second kappa shape index (κ2) is 6.66. The monoisotopic (exact) mass is 417 g/mol. The van der Waals surface area contributed by atoms with Crippen molar-refractivity contribution in [3.05, 3.63) is 72.4 Å². The fraction of sp³-hybridized carbons (Fsp3) is 0.217. The lowest BCUT2D eigenvalue weighted by molar-refractivity contribution is -0.131. The van der Waals surface area contributed by atoms with E-state index in [0.29, 0.717) is 22.5 Å². The lowest BCUT2D eigenvalue weighted by Crippen LogP contribution is -2.56. The molecular formula is C23H17F2N5O. The zero-order valence-corrected chi connectivity index (χ0v) is 16.3. The lowest BCUT2D eigenvalue weighted by Gasteiger charge is -2.48. The summed E-state index contributed by atoms with van der Waals surface area (Å²) in [6, 6.07) is 7.21. The molecule has 0 bridgehead atoms. The van der Waals surface area contributed by atoms with Crippen LogP contribution < -0.4 is 4.90 Å². The van der Waals surface area contributed by atoms with Crippen molar-refractivity contribution in [2.45, 2.75) is 18.9 Å². The van der Waals surface area contributed by atoms with E-state index in [-0.39, 0.29) is 17.4 Å². The van der Waals surface area contributed by atoms with Crippen LogP contribution in [-0.4, -0.2) is 25.8 Å². The van der Waals surface area contributed by atoms with Gasteiger partial charge in [0.05, 0.1) is 41.2 Å². The van der Waals surface area contributed by atoms with Crippen LogP contribution in [0.25, 0.3) is 22.3 Å². The van der Waals surface area contributed by atoms with Gasteiger partial charge in [-0.05, 0) is 49.1 Å². The number of imidazole rings is 1. The molecule has 1 saturated carbocycles. The maximum Gasteiger partial charge on any atom is 0.233 e. The standard InChI is InChI=1S/C23H17F2N5O/c24-15-7-13(19-10-26-5-6-27-19)8-16(25)21(15)22-20(12-1-2-12)23(31)30(22)14-3-4-17-18(9-14)29-11-28-17/h3-12,20,22H,1-2H2,(H,28,29). The van der Waals surface area contributed by atoms with Crippen molar-refractivity contribution in [1.29, 1.82) is 0 Å². The molecule has 154 valence electrons. The number of β-lactam (4-membered cyclic amide) rings is 1. The summed E-state index contributed by atoms with van der Waals surface area (Å²) in [7, 11) is 0. The number of amides is 1. The predicted octanol–water partition coefficient (Wildman–Crippen LogP) is 4.41. The SMILES string of the molecule is O=C1C(C2CC2)C(c2c(F)cc(-c3cnccn3)cc2F)N1c1ccc2[nH]cnc2c1. The smallest absolute Gasteiger partial charge is 0.233 e. The Hall–Kier alpha value is -3.68. The Bertz CT molecular complexity index is 1300. The number of hydrogen-bond donors (Lipinski definition) is 1. The fourth-order valence-corrected chi connectivity index (χ4v) is 4.56. The number of halogens is 2. The number of nitrogens with zero attached hydrogens (tertiary/aromatic N) is 4. The number of anilines is 1. The van der Waals surface area contributed by atoms with E-state index in [1.807, 2.05) is 6.07 Å². The summed E-state index contributed by atoms with van der Waals surface area (Å²) in [6.07, 6.45) is 7.80. The van der Waals surface area contributed by atoms with Crippen LogP contribution in [-0.2, 0) is 4.79 Å². The van der Waals surface area contributed by atoms with Crippen LogP contribution in [0.5, 0.6) is 0 Å². The molecule has 2 aromatic heterocycles. The highest BCUT2D eigenvalue weighted by Crippen LogP contribution is 2.55. The molecule has 1 amide bonds. The summed E-state index contributed by atoms with van der Waals surface area (Å²) in [4.78, 5) is 29.9. The first kappa shape index (κ1) is 18.1. The molecule has 6 rings (SSSR count). The zero-order valence-electron chi connectivity index (χ0n) is 16.3. The van der Waals surface area contributed by atoms with Crippen molar-refractivity contribution >= 4 is 22.6 Å². The molecule has 2 atom stereocenters. The highest BCUT2D eigenvalue weighted by molar-refractivity contribution is 6.04. The number of fused-ring (bicyclic) bond motifs is 1. The summed E-state index contributed by atoms with van der Waals surface area (Å²) in [5.74, 6) is -1.72. The number of H-pyrrole nitrogens is 1. The first-order valence-corrected chi connectivity index (χ1v) is 10.1. The highest BCUT2D eigenvalue weighted by Gasteiger charge is 2.56. The average Bonchev–Trinajstić information content (AvgIpc) is 3.48. The van der Waals surface area contributed by atoms with E-state index in [0.717, 1.165) is 18.4 Å². The minimum Gasteiger partial charge on any atom is -0.345 e. The Kier molecular flexibility index (Phi) is 3.89. The summed E-state index contributed by atoms with van der Waals surface area (Å²) in [5.41, 5.74) is 2.73. The molecular weight excluding hydrogens is 400 g/mol. The van der Waals surface area contributed by atoms with Gasteiger partial charge < -0.3 is 9.88 Å². The van der Waals surface area contributed by atoms with Gasteiger partial charge in [-0.2, -0.15) is 0 Å². The molecule has 1 aliphatic carbocycles. The molecule has 4 aromatic rings. The van der Waals surface area contributed by atoms with Gasteiger partial charge in [-0.25, -0.2) is 13.8 Å². The van der Waals surface area contributed by atoms with E-state index in [1.165, 1.54) is 35.6 Å². The number of hydrogen-bond acceptors (Lipinski definition) is 4. The first-order valence-electron chi connectivity index (χ1n) is 10.1. The lowest BCUT2D eigenvalue weighted by atomic mass is 9.78. The molecule has 2 unspecified atom stereocenters. The number of carbonyl (C=O) groups is 1. The number of aromatic amines is 1. The van der Waals surface area contributed by atoms with Gasteiger partial charge in [-0.15, -0.1) is 0 Å². The van der Waals surface area contributed by atoms with E-state index in [2.05, 4.69) is 19.9 Å². The Balaban J connectivity index is 1.45. The van der Waals surface area contributed by atoms with Crippen molar-refractivity contribution in [3.63, 3.8) is 0 Å². The van der Waals surface area contributed by atoms with E-state index < -0.39 is 23.6 Å². The molecule has 0 spiro atoms. The van der Waals surface area contributed by atoms with Crippen LogP contribution in [0.3, 0.4) is 0 Å². The van der Waals surface area contributed by atoms with E-state index >= 15 is 8.78 Å². The van der Waals surface area contributed by atoms with Gasteiger partial charge >= 0.3 is 0 Å². The number of nitrogens with one attached hydrogen (secondary N) is 1. The molecule has 0 radical (unpaired) electrons. The summed E-state index contributed by atoms with van der Waals surface area (Å²) >= 11 is 0. The van der Waals surface area contributed by atoms with Gasteiger partial charge in [0.1, 0.15) is 11.6 Å². The topological polar surface area (TPSA) is 74.8 Å². The highest BCUT2D eigenvalue weighted by atomic mass is 19.1. The molecule has 31 heavy (non-hydrogen) atoms. The first-order chi connectivity index (χ1) is 15.1. The van der Waals surface area contributed by atoms with Gasteiger partial charge in [-0.3, -0.25) is 14.8 Å². The third-order valence-corrected chi connectivity index (χ3v) is 6.19. The van der Waals surface area contributed by atoms with Crippen LogP contribution in [0.4, 0.5) is 14.5 Å². The van der Waals surface area contributed by atoms with Crippen molar-refractivity contribution < 1.29 is 13.6 Å². The fourth-order valence-electron chi connectivity index (χ4n) is 4.56. The largest absolute Gasteiger partial charge is 0.345 e. The van der Waals surface area contributed by atoms with Gasteiger partial charge in [0, 0.05) is 29.2 Å². The molecule has 2 aliphatic rings. The molecule has 2 fully saturated rings. The van der Waals surface area contributed by atoms with Crippen molar-refractivity contribution in [1.82, 2.24) is 19.9 Å². The quantitative estimate of drug-likeness (QED) is 0.499. The summed E-state index contributed by atoms with van der Waals surface area (Å²) < 4.78 is 30.6. The van der Waals surface area contributed by atoms with Gasteiger partial charge in [0.2, 0.25) is 5.91 Å². The van der Waals surface area contributed by atoms with Crippen LogP contribution in [0.15, 0.2) is 55.2 Å². The Morgan fingerprint density at radius 2 is 1.84 bits per heavy atom. The van der Waals surface area contributed by atoms with Crippen LogP contribution >= 0.6 is 0 Å². The predicted molar refractivity (Wildman–Crippen MR) is 110 cm³/mol. The van der Waals surface area contributed by atoms with Crippen LogP contribution in [0.1, 0.15) is 24.4 Å².